The number of sulfone groups is 1. The third-order valence-electron chi connectivity index (χ3n) is 4.76. The van der Waals surface area contributed by atoms with E-state index in [0.29, 0.717) is 17.0 Å². The lowest BCUT2D eigenvalue weighted by molar-refractivity contribution is -0.132. The third-order valence-corrected chi connectivity index (χ3v) is 7.77. The molecule has 0 radical (unpaired) electrons. The molecule has 0 aliphatic carbocycles. The van der Waals surface area contributed by atoms with Crippen LogP contribution in [-0.4, -0.2) is 66.4 Å². The average molecular weight is 443 g/mol. The van der Waals surface area contributed by atoms with Crippen molar-refractivity contribution in [1.29, 1.82) is 0 Å². The number of halogens is 1. The van der Waals surface area contributed by atoms with Gasteiger partial charge in [-0.2, -0.15) is 0 Å². The molecule has 2 heterocycles. The molecule has 7 nitrogen and oxygen atoms in total. The fourth-order valence-corrected chi connectivity index (χ4v) is 5.92. The number of amides is 3. The molecule has 2 fully saturated rings. The van der Waals surface area contributed by atoms with Gasteiger partial charge in [-0.25, -0.2) is 8.42 Å². The molecule has 0 spiro atoms. The van der Waals surface area contributed by atoms with Crippen molar-refractivity contribution in [2.75, 3.05) is 25.1 Å². The molecule has 2 aliphatic heterocycles. The molecule has 150 valence electrons. The molecule has 0 N–H and O–H groups in total. The summed E-state index contributed by atoms with van der Waals surface area (Å²) in [6, 6.07) is 6.62. The Kier molecular flexibility index (Phi) is 6.16. The number of nitrogens with zero attached hydrogens (tertiary/aromatic N) is 2. The lowest BCUT2D eigenvalue weighted by atomic mass is 10.2. The van der Waals surface area contributed by atoms with Gasteiger partial charge in [0.25, 0.3) is 11.1 Å². The Labute approximate surface area is 172 Å². The highest BCUT2D eigenvalue weighted by Gasteiger charge is 2.36. The fourth-order valence-electron chi connectivity index (χ4n) is 3.09. The van der Waals surface area contributed by atoms with E-state index in [0.717, 1.165) is 16.7 Å². The van der Waals surface area contributed by atoms with Gasteiger partial charge in [0.2, 0.25) is 5.91 Å². The highest BCUT2D eigenvalue weighted by atomic mass is 35.5. The van der Waals surface area contributed by atoms with Crippen LogP contribution in [0.15, 0.2) is 29.2 Å². The zero-order valence-corrected chi connectivity index (χ0v) is 17.5. The quantitative estimate of drug-likeness (QED) is 0.650. The Morgan fingerprint density at radius 3 is 2.71 bits per heavy atom. The van der Waals surface area contributed by atoms with Gasteiger partial charge in [-0.3, -0.25) is 19.3 Å². The summed E-state index contributed by atoms with van der Waals surface area (Å²) in [5.41, 5.74) is 0.632. The van der Waals surface area contributed by atoms with Crippen LogP contribution in [0.5, 0.6) is 0 Å². The number of rotatable bonds is 5. The predicted molar refractivity (Wildman–Crippen MR) is 109 cm³/mol. The van der Waals surface area contributed by atoms with Gasteiger partial charge in [0.1, 0.15) is 0 Å². The molecule has 2 saturated heterocycles. The van der Waals surface area contributed by atoms with E-state index < -0.39 is 21.0 Å². The first-order valence-electron chi connectivity index (χ1n) is 8.64. The van der Waals surface area contributed by atoms with Crippen LogP contribution in [0.3, 0.4) is 0 Å². The van der Waals surface area contributed by atoms with Crippen molar-refractivity contribution in [3.8, 4) is 0 Å². The van der Waals surface area contributed by atoms with Crippen LogP contribution in [0.4, 0.5) is 4.79 Å². The standard InChI is InChI=1S/C18H19ClN2O5S2/c1-20(13-7-9-28(25,26)11-13)16(22)6-8-21-17(23)15(27-18(21)24)10-12-4-2-3-5-14(12)19/h2-5,10,13H,6-9,11H2,1H3/b15-10-. The first-order chi connectivity index (χ1) is 13.2. The smallest absolute Gasteiger partial charge is 0.293 e. The zero-order chi connectivity index (χ0) is 20.5. The average Bonchev–Trinajstić information content (AvgIpc) is 3.13. The number of thioether (sulfide) groups is 1. The molecule has 1 aromatic carbocycles. The van der Waals surface area contributed by atoms with Crippen LogP contribution in [0.2, 0.25) is 5.02 Å². The maximum atomic E-state index is 12.5. The van der Waals surface area contributed by atoms with Crippen molar-refractivity contribution in [2.45, 2.75) is 18.9 Å². The molecule has 3 rings (SSSR count). The molecule has 10 heteroatoms. The van der Waals surface area contributed by atoms with Gasteiger partial charge < -0.3 is 4.90 Å². The first kappa shape index (κ1) is 20.9. The Balaban J connectivity index is 1.62. The molecule has 1 unspecified atom stereocenters. The van der Waals surface area contributed by atoms with E-state index in [-0.39, 0.29) is 41.3 Å². The van der Waals surface area contributed by atoms with Crippen molar-refractivity contribution in [2.24, 2.45) is 0 Å². The number of benzene rings is 1. The molecule has 0 saturated carbocycles. The molecular weight excluding hydrogens is 424 g/mol. The summed E-state index contributed by atoms with van der Waals surface area (Å²) >= 11 is 6.89. The van der Waals surface area contributed by atoms with Crippen LogP contribution in [-0.2, 0) is 19.4 Å². The minimum absolute atomic E-state index is 0.0443. The summed E-state index contributed by atoms with van der Waals surface area (Å²) in [6.45, 7) is -0.0484. The number of imide groups is 1. The summed E-state index contributed by atoms with van der Waals surface area (Å²) in [4.78, 5) is 39.8. The summed E-state index contributed by atoms with van der Waals surface area (Å²) in [5, 5.41) is 0.0276. The van der Waals surface area contributed by atoms with E-state index >= 15 is 0 Å². The maximum absolute atomic E-state index is 12.5. The fraction of sp³-hybridized carbons (Fsp3) is 0.389. The second-order valence-corrected chi connectivity index (χ2v) is 10.3. The van der Waals surface area contributed by atoms with Crippen molar-refractivity contribution in [1.82, 2.24) is 9.80 Å². The number of hydrogen-bond acceptors (Lipinski definition) is 6. The Hall–Kier alpha value is -1.84. The zero-order valence-electron chi connectivity index (χ0n) is 15.1. The van der Waals surface area contributed by atoms with Crippen molar-refractivity contribution < 1.29 is 22.8 Å². The summed E-state index contributed by atoms with van der Waals surface area (Å²) in [6.07, 6.45) is 1.92. The van der Waals surface area contributed by atoms with E-state index in [1.807, 2.05) is 0 Å². The number of hydrogen-bond donors (Lipinski definition) is 0. The SMILES string of the molecule is CN(C(=O)CCN1C(=O)S/C(=C\c2ccccc2Cl)C1=O)C1CCS(=O)(=O)C1. The lowest BCUT2D eigenvalue weighted by Crippen LogP contribution is -2.40. The van der Waals surface area contributed by atoms with Crippen LogP contribution in [0.25, 0.3) is 6.08 Å². The van der Waals surface area contributed by atoms with Crippen molar-refractivity contribution in [3.05, 3.63) is 39.8 Å². The maximum Gasteiger partial charge on any atom is 0.293 e. The van der Waals surface area contributed by atoms with Gasteiger partial charge in [-0.1, -0.05) is 29.8 Å². The molecule has 0 bridgehead atoms. The Bertz CT molecular complexity index is 960. The molecule has 0 aromatic heterocycles. The molecule has 3 amide bonds. The normalized spacial score (nSPS) is 22.9. The molecule has 1 aromatic rings. The largest absolute Gasteiger partial charge is 0.342 e. The van der Waals surface area contributed by atoms with Gasteiger partial charge >= 0.3 is 0 Å². The second-order valence-electron chi connectivity index (χ2n) is 6.67. The summed E-state index contributed by atoms with van der Waals surface area (Å²) in [5.74, 6) is -0.729. The topological polar surface area (TPSA) is 91.8 Å². The van der Waals surface area contributed by atoms with Gasteiger partial charge in [-0.05, 0) is 35.9 Å². The lowest BCUT2D eigenvalue weighted by Gasteiger charge is -2.24. The molecule has 1 atom stereocenters. The van der Waals surface area contributed by atoms with E-state index in [2.05, 4.69) is 0 Å². The van der Waals surface area contributed by atoms with Gasteiger partial charge in [0.15, 0.2) is 9.84 Å². The van der Waals surface area contributed by atoms with Gasteiger partial charge in [-0.15, -0.1) is 0 Å². The minimum atomic E-state index is -3.10. The Morgan fingerprint density at radius 2 is 2.07 bits per heavy atom. The monoisotopic (exact) mass is 442 g/mol. The predicted octanol–water partition coefficient (Wildman–Crippen LogP) is 2.41. The van der Waals surface area contributed by atoms with Crippen LogP contribution >= 0.6 is 23.4 Å². The molecular formula is C18H19ClN2O5S2. The van der Waals surface area contributed by atoms with Gasteiger partial charge in [0.05, 0.1) is 16.4 Å². The van der Waals surface area contributed by atoms with Crippen LogP contribution < -0.4 is 0 Å². The molecule has 2 aliphatic rings. The minimum Gasteiger partial charge on any atom is -0.342 e. The van der Waals surface area contributed by atoms with Crippen LogP contribution in [0, 0.1) is 0 Å². The number of carbonyl (C=O) groups is 3. The highest BCUT2D eigenvalue weighted by molar-refractivity contribution is 8.18. The second kappa shape index (κ2) is 8.26. The number of carbonyl (C=O) groups excluding carboxylic acids is 3. The van der Waals surface area contributed by atoms with Crippen molar-refractivity contribution in [3.63, 3.8) is 0 Å². The summed E-state index contributed by atoms with van der Waals surface area (Å²) < 4.78 is 23.2. The molecule has 28 heavy (non-hydrogen) atoms. The summed E-state index contributed by atoms with van der Waals surface area (Å²) in [7, 11) is -1.54. The van der Waals surface area contributed by atoms with Crippen molar-refractivity contribution >= 4 is 56.3 Å². The third kappa shape index (κ3) is 4.59. The van der Waals surface area contributed by atoms with E-state index in [4.69, 9.17) is 11.6 Å². The highest BCUT2D eigenvalue weighted by Crippen LogP contribution is 2.33. The van der Waals surface area contributed by atoms with Crippen LogP contribution in [0.1, 0.15) is 18.4 Å². The van der Waals surface area contributed by atoms with E-state index in [1.54, 1.807) is 37.4 Å². The Morgan fingerprint density at radius 1 is 1.36 bits per heavy atom. The first-order valence-corrected chi connectivity index (χ1v) is 11.7. The van der Waals surface area contributed by atoms with E-state index in [9.17, 15) is 22.8 Å². The van der Waals surface area contributed by atoms with Gasteiger partial charge in [0, 0.05) is 31.1 Å². The van der Waals surface area contributed by atoms with E-state index in [1.165, 1.54) is 4.90 Å².